The van der Waals surface area contributed by atoms with E-state index in [-0.39, 0.29) is 5.54 Å². The molecule has 0 bridgehead atoms. The Labute approximate surface area is 102 Å². The molecule has 0 aromatic rings. The Kier molecular flexibility index (Phi) is 5.26. The fourth-order valence-corrected chi connectivity index (χ4v) is 2.44. The fourth-order valence-electron chi connectivity index (χ4n) is 2.44. The van der Waals surface area contributed by atoms with Crippen LogP contribution in [0.15, 0.2) is 0 Å². The quantitative estimate of drug-likeness (QED) is 0.723. The van der Waals surface area contributed by atoms with Crippen LogP contribution in [-0.2, 0) is 0 Å². The first-order valence-electron chi connectivity index (χ1n) is 6.89. The van der Waals surface area contributed by atoms with Crippen LogP contribution in [0, 0.1) is 11.8 Å². The minimum absolute atomic E-state index is 0.222. The van der Waals surface area contributed by atoms with E-state index >= 15 is 0 Å². The van der Waals surface area contributed by atoms with E-state index in [0.29, 0.717) is 0 Å². The van der Waals surface area contributed by atoms with Crippen LogP contribution in [0.25, 0.3) is 0 Å². The van der Waals surface area contributed by atoms with Gasteiger partial charge in [0.25, 0.3) is 0 Å². The van der Waals surface area contributed by atoms with E-state index < -0.39 is 0 Å². The van der Waals surface area contributed by atoms with Gasteiger partial charge in [0.1, 0.15) is 0 Å². The van der Waals surface area contributed by atoms with Gasteiger partial charge in [0, 0.05) is 12.1 Å². The van der Waals surface area contributed by atoms with Crippen LogP contribution in [0.3, 0.4) is 0 Å². The van der Waals surface area contributed by atoms with Gasteiger partial charge < -0.3 is 5.73 Å². The zero-order valence-corrected chi connectivity index (χ0v) is 11.6. The Morgan fingerprint density at radius 2 is 2.00 bits per heavy atom. The Morgan fingerprint density at radius 3 is 2.38 bits per heavy atom. The number of hydrogen-bond donors (Lipinski definition) is 1. The third-order valence-corrected chi connectivity index (χ3v) is 4.36. The lowest BCUT2D eigenvalue weighted by molar-refractivity contribution is 0.0878. The maximum atomic E-state index is 6.00. The zero-order chi connectivity index (χ0) is 12.2. The van der Waals surface area contributed by atoms with Crippen molar-refractivity contribution in [2.45, 2.75) is 58.4 Å². The van der Waals surface area contributed by atoms with E-state index in [4.69, 9.17) is 5.73 Å². The highest BCUT2D eigenvalue weighted by atomic mass is 15.2. The normalized spacial score (nSPS) is 21.2. The van der Waals surface area contributed by atoms with Gasteiger partial charge in [-0.2, -0.15) is 0 Å². The maximum Gasteiger partial charge on any atom is 0.0303 e. The SMILES string of the molecule is CC(C)CCN(C)C(C)(CN)CC1CCC1. The first kappa shape index (κ1) is 14.0. The average Bonchev–Trinajstić information content (AvgIpc) is 2.19. The summed E-state index contributed by atoms with van der Waals surface area (Å²) in [5, 5.41) is 0. The first-order chi connectivity index (χ1) is 7.48. The van der Waals surface area contributed by atoms with Crippen LogP contribution in [0.4, 0.5) is 0 Å². The standard InChI is InChI=1S/C14H30N2/c1-12(2)8-9-16(4)14(3,11-15)10-13-6-5-7-13/h12-13H,5-11,15H2,1-4H3. The molecule has 0 heterocycles. The van der Waals surface area contributed by atoms with Crippen LogP contribution >= 0.6 is 0 Å². The molecule has 0 aromatic carbocycles. The van der Waals surface area contributed by atoms with Crippen molar-refractivity contribution in [1.82, 2.24) is 4.90 Å². The lowest BCUT2D eigenvalue weighted by Gasteiger charge is -2.43. The summed E-state index contributed by atoms with van der Waals surface area (Å²) in [5.41, 5.74) is 6.22. The van der Waals surface area contributed by atoms with Gasteiger partial charge in [-0.05, 0) is 45.2 Å². The third-order valence-electron chi connectivity index (χ3n) is 4.36. The fraction of sp³-hybridized carbons (Fsp3) is 1.00. The molecule has 96 valence electrons. The smallest absolute Gasteiger partial charge is 0.0303 e. The second-order valence-electron chi connectivity index (χ2n) is 6.31. The lowest BCUT2D eigenvalue weighted by atomic mass is 9.76. The minimum atomic E-state index is 0.222. The molecule has 1 aliphatic carbocycles. The van der Waals surface area contributed by atoms with Crippen molar-refractivity contribution >= 4 is 0 Å². The molecule has 1 atom stereocenters. The van der Waals surface area contributed by atoms with Gasteiger partial charge in [-0.1, -0.05) is 33.1 Å². The maximum absolute atomic E-state index is 6.00. The van der Waals surface area contributed by atoms with E-state index in [9.17, 15) is 0 Å². The molecule has 16 heavy (non-hydrogen) atoms. The summed E-state index contributed by atoms with van der Waals surface area (Å²) >= 11 is 0. The van der Waals surface area contributed by atoms with Crippen molar-refractivity contribution in [2.75, 3.05) is 20.1 Å². The highest BCUT2D eigenvalue weighted by Crippen LogP contribution is 2.35. The molecule has 2 heteroatoms. The van der Waals surface area contributed by atoms with Crippen LogP contribution < -0.4 is 5.73 Å². The van der Waals surface area contributed by atoms with Gasteiger partial charge in [0.05, 0.1) is 0 Å². The molecule has 0 amide bonds. The number of hydrogen-bond acceptors (Lipinski definition) is 2. The second-order valence-corrected chi connectivity index (χ2v) is 6.31. The molecular formula is C14H30N2. The molecule has 0 spiro atoms. The number of nitrogens with two attached hydrogens (primary N) is 1. The van der Waals surface area contributed by atoms with E-state index in [1.807, 2.05) is 0 Å². The van der Waals surface area contributed by atoms with Crippen molar-refractivity contribution in [3.63, 3.8) is 0 Å². The van der Waals surface area contributed by atoms with E-state index in [0.717, 1.165) is 18.4 Å². The van der Waals surface area contributed by atoms with Crippen molar-refractivity contribution < 1.29 is 0 Å². The van der Waals surface area contributed by atoms with Crippen molar-refractivity contribution in [2.24, 2.45) is 17.6 Å². The molecule has 1 unspecified atom stereocenters. The summed E-state index contributed by atoms with van der Waals surface area (Å²) in [6, 6.07) is 0. The second kappa shape index (κ2) is 6.02. The molecular weight excluding hydrogens is 196 g/mol. The van der Waals surface area contributed by atoms with E-state index in [1.165, 1.54) is 38.6 Å². The Morgan fingerprint density at radius 1 is 1.38 bits per heavy atom. The lowest BCUT2D eigenvalue weighted by Crippen LogP contribution is -2.51. The largest absolute Gasteiger partial charge is 0.329 e. The molecule has 0 aliphatic heterocycles. The zero-order valence-electron chi connectivity index (χ0n) is 11.6. The van der Waals surface area contributed by atoms with Gasteiger partial charge in [-0.3, -0.25) is 4.90 Å². The van der Waals surface area contributed by atoms with Gasteiger partial charge in [0.2, 0.25) is 0 Å². The van der Waals surface area contributed by atoms with E-state index in [1.54, 1.807) is 0 Å². The van der Waals surface area contributed by atoms with Gasteiger partial charge >= 0.3 is 0 Å². The Hall–Kier alpha value is -0.0800. The predicted octanol–water partition coefficient (Wildman–Crippen LogP) is 2.87. The summed E-state index contributed by atoms with van der Waals surface area (Å²) in [4.78, 5) is 2.49. The molecule has 0 aromatic heterocycles. The number of likely N-dealkylation sites (N-methyl/N-ethyl adjacent to an activating group) is 1. The van der Waals surface area contributed by atoms with Crippen LogP contribution in [0.2, 0.25) is 0 Å². The molecule has 2 nitrogen and oxygen atoms in total. The highest BCUT2D eigenvalue weighted by molar-refractivity contribution is 4.90. The monoisotopic (exact) mass is 226 g/mol. The summed E-state index contributed by atoms with van der Waals surface area (Å²) < 4.78 is 0. The van der Waals surface area contributed by atoms with E-state index in [2.05, 4.69) is 32.7 Å². The molecule has 1 saturated carbocycles. The topological polar surface area (TPSA) is 29.3 Å². The third kappa shape index (κ3) is 3.74. The molecule has 1 fully saturated rings. The summed E-state index contributed by atoms with van der Waals surface area (Å²) in [5.74, 6) is 1.73. The van der Waals surface area contributed by atoms with Crippen molar-refractivity contribution in [1.29, 1.82) is 0 Å². The number of nitrogens with zero attached hydrogens (tertiary/aromatic N) is 1. The summed E-state index contributed by atoms with van der Waals surface area (Å²) in [6.45, 7) is 8.89. The summed E-state index contributed by atoms with van der Waals surface area (Å²) in [7, 11) is 2.24. The Balaban J connectivity index is 2.41. The van der Waals surface area contributed by atoms with Crippen LogP contribution in [-0.4, -0.2) is 30.6 Å². The molecule has 1 rings (SSSR count). The van der Waals surface area contributed by atoms with Gasteiger partial charge in [-0.25, -0.2) is 0 Å². The average molecular weight is 226 g/mol. The number of rotatable bonds is 7. The molecule has 2 N–H and O–H groups in total. The highest BCUT2D eigenvalue weighted by Gasteiger charge is 2.32. The minimum Gasteiger partial charge on any atom is -0.329 e. The molecule has 1 aliphatic rings. The first-order valence-corrected chi connectivity index (χ1v) is 6.89. The van der Waals surface area contributed by atoms with Gasteiger partial charge in [-0.15, -0.1) is 0 Å². The molecule has 0 radical (unpaired) electrons. The van der Waals surface area contributed by atoms with Crippen molar-refractivity contribution in [3.05, 3.63) is 0 Å². The van der Waals surface area contributed by atoms with Crippen LogP contribution in [0.5, 0.6) is 0 Å². The van der Waals surface area contributed by atoms with Gasteiger partial charge in [0.15, 0.2) is 0 Å². The van der Waals surface area contributed by atoms with Crippen LogP contribution in [0.1, 0.15) is 52.9 Å². The van der Waals surface area contributed by atoms with Crippen molar-refractivity contribution in [3.8, 4) is 0 Å². The summed E-state index contributed by atoms with van der Waals surface area (Å²) in [6.07, 6.45) is 6.84. The Bertz CT molecular complexity index is 199. The molecule has 0 saturated heterocycles. The predicted molar refractivity (Wildman–Crippen MR) is 71.5 cm³/mol.